The number of carbonyl (C=O) groups is 1. The van der Waals surface area contributed by atoms with E-state index in [9.17, 15) is 4.79 Å². The van der Waals surface area contributed by atoms with Crippen LogP contribution in [-0.2, 0) is 4.79 Å². The fourth-order valence-corrected chi connectivity index (χ4v) is 3.69. The zero-order chi connectivity index (χ0) is 20.2. The fraction of sp³-hybridized carbons (Fsp3) is 0.364. The minimum Gasteiger partial charge on any atom is -0.481 e. The first-order chi connectivity index (χ1) is 14.1. The summed E-state index contributed by atoms with van der Waals surface area (Å²) in [4.78, 5) is 25.6. The number of anilines is 1. The predicted octanol–water partition coefficient (Wildman–Crippen LogP) is 3.56. The number of fused-ring (bicyclic) bond motifs is 1. The third-order valence-electron chi connectivity index (χ3n) is 5.36. The Bertz CT molecular complexity index is 1000. The van der Waals surface area contributed by atoms with Gasteiger partial charge in [0.05, 0.1) is 12.6 Å². The van der Waals surface area contributed by atoms with Gasteiger partial charge in [0.2, 0.25) is 11.8 Å². The molecule has 1 aromatic carbocycles. The molecule has 1 saturated carbocycles. The molecule has 0 spiro atoms. The molecule has 1 aliphatic carbocycles. The molecular formula is C22H25N5O2. The number of carbonyl (C=O) groups excluding carboxylic acids is 1. The summed E-state index contributed by atoms with van der Waals surface area (Å²) in [6, 6.07) is 9.66. The second-order valence-corrected chi connectivity index (χ2v) is 7.40. The largest absolute Gasteiger partial charge is 0.481 e. The second-order valence-electron chi connectivity index (χ2n) is 7.40. The molecule has 7 heteroatoms. The van der Waals surface area contributed by atoms with Crippen molar-refractivity contribution < 1.29 is 9.53 Å². The lowest BCUT2D eigenvalue weighted by Crippen LogP contribution is -2.42. The maximum absolute atomic E-state index is 12.6. The number of rotatable bonds is 6. The summed E-state index contributed by atoms with van der Waals surface area (Å²) in [5.74, 6) is 1.22. The van der Waals surface area contributed by atoms with E-state index < -0.39 is 0 Å². The number of pyridine rings is 1. The van der Waals surface area contributed by atoms with Gasteiger partial charge in [-0.05, 0) is 43.5 Å². The number of ether oxygens (including phenoxy) is 1. The molecule has 1 atom stereocenters. The molecular weight excluding hydrogens is 366 g/mol. The van der Waals surface area contributed by atoms with Crippen LogP contribution in [0.5, 0.6) is 5.88 Å². The summed E-state index contributed by atoms with van der Waals surface area (Å²) < 4.78 is 5.13. The van der Waals surface area contributed by atoms with E-state index in [2.05, 4.69) is 25.6 Å². The number of methoxy groups -OCH3 is 1. The summed E-state index contributed by atoms with van der Waals surface area (Å²) in [7, 11) is 1.59. The van der Waals surface area contributed by atoms with Crippen molar-refractivity contribution in [3.63, 3.8) is 0 Å². The predicted molar refractivity (Wildman–Crippen MR) is 113 cm³/mol. The molecule has 0 radical (unpaired) electrons. The van der Waals surface area contributed by atoms with Crippen LogP contribution in [0.4, 0.5) is 5.82 Å². The number of benzene rings is 1. The summed E-state index contributed by atoms with van der Waals surface area (Å²) in [6.07, 6.45) is 7.79. The Labute approximate surface area is 169 Å². The van der Waals surface area contributed by atoms with E-state index in [-0.39, 0.29) is 11.9 Å². The van der Waals surface area contributed by atoms with E-state index in [0.717, 1.165) is 34.9 Å². The molecule has 1 unspecified atom stereocenters. The average molecular weight is 391 g/mol. The van der Waals surface area contributed by atoms with Gasteiger partial charge >= 0.3 is 0 Å². The minimum absolute atomic E-state index is 0.000767. The Hall–Kier alpha value is -3.22. The first kappa shape index (κ1) is 19.1. The van der Waals surface area contributed by atoms with Gasteiger partial charge in [-0.1, -0.05) is 18.9 Å². The van der Waals surface area contributed by atoms with Crippen molar-refractivity contribution in [2.45, 2.75) is 44.7 Å². The maximum atomic E-state index is 12.6. The molecule has 1 aliphatic rings. The molecule has 0 aliphatic heterocycles. The van der Waals surface area contributed by atoms with Crippen LogP contribution >= 0.6 is 0 Å². The molecule has 2 heterocycles. The van der Waals surface area contributed by atoms with E-state index in [4.69, 9.17) is 4.74 Å². The number of hydrogen-bond donors (Lipinski definition) is 2. The van der Waals surface area contributed by atoms with Crippen LogP contribution in [0.15, 0.2) is 42.9 Å². The number of amides is 1. The van der Waals surface area contributed by atoms with Crippen molar-refractivity contribution in [2.75, 3.05) is 12.4 Å². The fourth-order valence-electron chi connectivity index (χ4n) is 3.69. The van der Waals surface area contributed by atoms with Crippen LogP contribution in [-0.4, -0.2) is 40.1 Å². The van der Waals surface area contributed by atoms with E-state index >= 15 is 0 Å². The summed E-state index contributed by atoms with van der Waals surface area (Å²) in [5, 5.41) is 7.25. The highest BCUT2D eigenvalue weighted by Gasteiger charge is 2.21. The van der Waals surface area contributed by atoms with Gasteiger partial charge in [0, 0.05) is 29.3 Å². The molecule has 7 nitrogen and oxygen atoms in total. The highest BCUT2D eigenvalue weighted by molar-refractivity contribution is 5.94. The van der Waals surface area contributed by atoms with Crippen molar-refractivity contribution in [3.8, 4) is 17.0 Å². The quantitative estimate of drug-likeness (QED) is 0.668. The van der Waals surface area contributed by atoms with Crippen molar-refractivity contribution in [3.05, 3.63) is 42.9 Å². The van der Waals surface area contributed by atoms with Crippen LogP contribution in [0.1, 0.15) is 32.6 Å². The SMILES string of the molecule is COc1ccc(-c2ccc3ncnc(NC(C)C(=O)NC4CCCC4)c3c2)cn1. The van der Waals surface area contributed by atoms with Gasteiger partial charge in [0.1, 0.15) is 18.2 Å². The number of nitrogens with one attached hydrogen (secondary N) is 2. The number of nitrogens with zero attached hydrogens (tertiary/aromatic N) is 3. The Morgan fingerprint density at radius 3 is 2.62 bits per heavy atom. The van der Waals surface area contributed by atoms with Crippen LogP contribution in [0.25, 0.3) is 22.0 Å². The van der Waals surface area contributed by atoms with Gasteiger partial charge in [-0.25, -0.2) is 15.0 Å². The summed E-state index contributed by atoms with van der Waals surface area (Å²) >= 11 is 0. The molecule has 0 saturated heterocycles. The van der Waals surface area contributed by atoms with E-state index in [1.54, 1.807) is 13.3 Å². The Morgan fingerprint density at radius 2 is 1.90 bits per heavy atom. The Morgan fingerprint density at radius 1 is 1.10 bits per heavy atom. The van der Waals surface area contributed by atoms with Gasteiger partial charge in [0.25, 0.3) is 0 Å². The normalized spacial score (nSPS) is 15.2. The van der Waals surface area contributed by atoms with Crippen LogP contribution < -0.4 is 15.4 Å². The average Bonchev–Trinajstić information content (AvgIpc) is 3.27. The highest BCUT2D eigenvalue weighted by atomic mass is 16.5. The maximum Gasteiger partial charge on any atom is 0.242 e. The monoisotopic (exact) mass is 391 g/mol. The lowest BCUT2D eigenvalue weighted by molar-refractivity contribution is -0.122. The molecule has 4 rings (SSSR count). The zero-order valence-corrected chi connectivity index (χ0v) is 16.7. The zero-order valence-electron chi connectivity index (χ0n) is 16.7. The molecule has 29 heavy (non-hydrogen) atoms. The summed E-state index contributed by atoms with van der Waals surface area (Å²) in [6.45, 7) is 1.86. The van der Waals surface area contributed by atoms with Crippen LogP contribution in [0.3, 0.4) is 0 Å². The second kappa shape index (κ2) is 8.43. The highest BCUT2D eigenvalue weighted by Crippen LogP contribution is 2.27. The van der Waals surface area contributed by atoms with Crippen molar-refractivity contribution in [1.82, 2.24) is 20.3 Å². The molecule has 150 valence electrons. The van der Waals surface area contributed by atoms with Crippen LogP contribution in [0.2, 0.25) is 0 Å². The standard InChI is InChI=1S/C22H25N5O2/c1-14(22(28)27-17-5-3-4-6-17)26-21-18-11-15(7-9-19(18)24-13-25-21)16-8-10-20(29-2)23-12-16/h7-14,17H,3-6H2,1-2H3,(H,27,28)(H,24,25,26). The topological polar surface area (TPSA) is 89.0 Å². The van der Waals surface area contributed by atoms with Crippen LogP contribution in [0, 0.1) is 0 Å². The molecule has 1 fully saturated rings. The third kappa shape index (κ3) is 4.29. The number of aromatic nitrogens is 3. The third-order valence-corrected chi connectivity index (χ3v) is 5.36. The van der Waals surface area contributed by atoms with Gasteiger partial charge in [-0.2, -0.15) is 0 Å². The Kier molecular flexibility index (Phi) is 5.55. The van der Waals surface area contributed by atoms with Crippen molar-refractivity contribution in [2.24, 2.45) is 0 Å². The molecule has 0 bridgehead atoms. The first-order valence-corrected chi connectivity index (χ1v) is 9.96. The van der Waals surface area contributed by atoms with E-state index in [0.29, 0.717) is 17.7 Å². The molecule has 2 aromatic heterocycles. The van der Waals surface area contributed by atoms with E-state index in [1.165, 1.54) is 19.2 Å². The van der Waals surface area contributed by atoms with Gasteiger partial charge < -0.3 is 15.4 Å². The smallest absolute Gasteiger partial charge is 0.242 e. The van der Waals surface area contributed by atoms with Gasteiger partial charge in [-0.15, -0.1) is 0 Å². The number of hydrogen-bond acceptors (Lipinski definition) is 6. The Balaban J connectivity index is 1.57. The van der Waals surface area contributed by atoms with E-state index in [1.807, 2.05) is 37.3 Å². The van der Waals surface area contributed by atoms with Gasteiger partial charge in [-0.3, -0.25) is 4.79 Å². The molecule has 3 aromatic rings. The summed E-state index contributed by atoms with van der Waals surface area (Å²) in [5.41, 5.74) is 2.78. The van der Waals surface area contributed by atoms with Crippen molar-refractivity contribution in [1.29, 1.82) is 0 Å². The molecule has 2 N–H and O–H groups in total. The lowest BCUT2D eigenvalue weighted by Gasteiger charge is -2.19. The molecule has 1 amide bonds. The lowest BCUT2D eigenvalue weighted by atomic mass is 10.1. The van der Waals surface area contributed by atoms with Crippen molar-refractivity contribution >= 4 is 22.6 Å². The minimum atomic E-state index is -0.389. The first-order valence-electron chi connectivity index (χ1n) is 9.96. The van der Waals surface area contributed by atoms with Gasteiger partial charge in [0.15, 0.2) is 0 Å².